The van der Waals surface area contributed by atoms with Gasteiger partial charge in [-0.25, -0.2) is 4.79 Å². The molecule has 1 N–H and O–H groups in total. The van der Waals surface area contributed by atoms with E-state index in [0.717, 1.165) is 5.56 Å². The first kappa shape index (κ1) is 20.9. The molecule has 2 aliphatic heterocycles. The molecule has 0 bridgehead atoms. The zero-order valence-electron chi connectivity index (χ0n) is 16.6. The van der Waals surface area contributed by atoms with Crippen molar-refractivity contribution in [3.05, 3.63) is 62.9 Å². The van der Waals surface area contributed by atoms with Crippen molar-refractivity contribution < 1.29 is 26.8 Å². The SMILES string of the molecule is Cc1ccc(S(=O)(=O)OC[C@H]2O[C@@H](n3ccc(=O)[nH]c3=O)[C@@H]3OC(C)(C)O[C@@H]32)cc1. The number of H-pyrrole nitrogens is 1. The molecular formula is C19H22N2O8S. The van der Waals surface area contributed by atoms with Crippen molar-refractivity contribution in [3.8, 4) is 0 Å². The topological polar surface area (TPSA) is 126 Å². The van der Waals surface area contributed by atoms with Crippen LogP contribution in [0.1, 0.15) is 25.6 Å². The Bertz CT molecular complexity index is 1150. The molecule has 2 saturated heterocycles. The van der Waals surface area contributed by atoms with Crippen LogP contribution in [0.15, 0.2) is 51.0 Å². The maximum atomic E-state index is 12.5. The van der Waals surface area contributed by atoms with Gasteiger partial charge in [0.25, 0.3) is 15.7 Å². The highest BCUT2D eigenvalue weighted by Crippen LogP contribution is 2.42. The second kappa shape index (κ2) is 7.43. The molecule has 2 fully saturated rings. The monoisotopic (exact) mass is 438 g/mol. The summed E-state index contributed by atoms with van der Waals surface area (Å²) in [5.41, 5.74) is -0.295. The van der Waals surface area contributed by atoms with Crippen molar-refractivity contribution in [1.29, 1.82) is 0 Å². The van der Waals surface area contributed by atoms with Gasteiger partial charge in [-0.15, -0.1) is 0 Å². The molecule has 10 nitrogen and oxygen atoms in total. The number of ether oxygens (including phenoxy) is 3. The van der Waals surface area contributed by atoms with Gasteiger partial charge in [-0.3, -0.25) is 18.5 Å². The van der Waals surface area contributed by atoms with Crippen molar-refractivity contribution in [1.82, 2.24) is 9.55 Å². The number of hydrogen-bond donors (Lipinski definition) is 1. The zero-order chi connectivity index (χ0) is 21.7. The smallest absolute Gasteiger partial charge is 0.330 e. The summed E-state index contributed by atoms with van der Waals surface area (Å²) in [5, 5.41) is 0. The largest absolute Gasteiger partial charge is 0.346 e. The number of aromatic nitrogens is 2. The molecule has 4 rings (SSSR count). The molecule has 11 heteroatoms. The number of rotatable bonds is 5. The predicted molar refractivity (Wildman–Crippen MR) is 103 cm³/mol. The van der Waals surface area contributed by atoms with E-state index in [-0.39, 0.29) is 11.5 Å². The van der Waals surface area contributed by atoms with Crippen LogP contribution in [0.2, 0.25) is 0 Å². The minimum Gasteiger partial charge on any atom is -0.346 e. The molecule has 0 aliphatic carbocycles. The molecule has 162 valence electrons. The number of aromatic amines is 1. The zero-order valence-corrected chi connectivity index (χ0v) is 17.4. The van der Waals surface area contributed by atoms with Crippen LogP contribution in [0.4, 0.5) is 0 Å². The van der Waals surface area contributed by atoms with E-state index in [9.17, 15) is 18.0 Å². The Morgan fingerprint density at radius 1 is 1.10 bits per heavy atom. The third-order valence-corrected chi connectivity index (χ3v) is 6.24. The van der Waals surface area contributed by atoms with Crippen LogP contribution in [-0.4, -0.2) is 48.7 Å². The fraction of sp³-hybridized carbons (Fsp3) is 0.474. The number of hydrogen-bond acceptors (Lipinski definition) is 8. The quantitative estimate of drug-likeness (QED) is 0.675. The molecule has 4 atom stereocenters. The van der Waals surface area contributed by atoms with Crippen LogP contribution < -0.4 is 11.2 Å². The van der Waals surface area contributed by atoms with E-state index in [1.54, 1.807) is 26.0 Å². The Balaban J connectivity index is 1.57. The van der Waals surface area contributed by atoms with Gasteiger partial charge >= 0.3 is 5.69 Å². The number of fused-ring (bicyclic) bond motifs is 1. The molecule has 0 saturated carbocycles. The second-order valence-corrected chi connectivity index (χ2v) is 9.31. The van der Waals surface area contributed by atoms with Gasteiger partial charge in [0.1, 0.15) is 18.3 Å². The fourth-order valence-electron chi connectivity index (χ4n) is 3.57. The summed E-state index contributed by atoms with van der Waals surface area (Å²) >= 11 is 0. The molecule has 0 radical (unpaired) electrons. The maximum absolute atomic E-state index is 12.5. The lowest BCUT2D eigenvalue weighted by molar-refractivity contribution is -0.199. The molecule has 0 unspecified atom stereocenters. The highest BCUT2D eigenvalue weighted by molar-refractivity contribution is 7.86. The van der Waals surface area contributed by atoms with Crippen molar-refractivity contribution in [2.75, 3.05) is 6.61 Å². The molecule has 0 spiro atoms. The van der Waals surface area contributed by atoms with Crippen LogP contribution in [0, 0.1) is 6.92 Å². The van der Waals surface area contributed by atoms with Crippen LogP contribution in [-0.2, 0) is 28.5 Å². The fourth-order valence-corrected chi connectivity index (χ4v) is 4.49. The number of benzene rings is 1. The second-order valence-electron chi connectivity index (χ2n) is 7.70. The van der Waals surface area contributed by atoms with Crippen LogP contribution in [0.5, 0.6) is 0 Å². The van der Waals surface area contributed by atoms with E-state index in [2.05, 4.69) is 4.98 Å². The van der Waals surface area contributed by atoms with Gasteiger partial charge in [0.05, 0.1) is 11.5 Å². The lowest BCUT2D eigenvalue weighted by Gasteiger charge is -2.24. The normalized spacial score (nSPS) is 27.8. The first-order valence-electron chi connectivity index (χ1n) is 9.34. The Morgan fingerprint density at radius 2 is 1.77 bits per heavy atom. The summed E-state index contributed by atoms with van der Waals surface area (Å²) < 4.78 is 49.1. The van der Waals surface area contributed by atoms with E-state index in [1.165, 1.54) is 29.0 Å². The lowest BCUT2D eigenvalue weighted by atomic mass is 10.1. The average molecular weight is 438 g/mol. The van der Waals surface area contributed by atoms with Gasteiger partial charge < -0.3 is 14.2 Å². The Morgan fingerprint density at radius 3 is 2.43 bits per heavy atom. The molecule has 2 aromatic rings. The molecule has 0 amide bonds. The van der Waals surface area contributed by atoms with Gasteiger partial charge in [0.2, 0.25) is 0 Å². The van der Waals surface area contributed by atoms with Crippen LogP contribution in [0.3, 0.4) is 0 Å². The number of aryl methyl sites for hydroxylation is 1. The van der Waals surface area contributed by atoms with Gasteiger partial charge in [-0.1, -0.05) is 17.7 Å². The molecule has 3 heterocycles. The van der Waals surface area contributed by atoms with E-state index in [4.69, 9.17) is 18.4 Å². The number of nitrogens with one attached hydrogen (secondary N) is 1. The van der Waals surface area contributed by atoms with Gasteiger partial charge in [-0.05, 0) is 32.9 Å². The van der Waals surface area contributed by atoms with Crippen molar-refractivity contribution in [2.45, 2.75) is 56.0 Å². The van der Waals surface area contributed by atoms with Crippen molar-refractivity contribution >= 4 is 10.1 Å². The van der Waals surface area contributed by atoms with Crippen molar-refractivity contribution in [2.24, 2.45) is 0 Å². The van der Waals surface area contributed by atoms with Gasteiger partial charge in [-0.2, -0.15) is 8.42 Å². The average Bonchev–Trinajstić information content (AvgIpc) is 3.14. The summed E-state index contributed by atoms with van der Waals surface area (Å²) in [7, 11) is -4.01. The first-order valence-corrected chi connectivity index (χ1v) is 10.8. The molecule has 30 heavy (non-hydrogen) atoms. The third kappa shape index (κ3) is 3.98. The van der Waals surface area contributed by atoms with E-state index >= 15 is 0 Å². The van der Waals surface area contributed by atoms with Gasteiger partial charge in [0.15, 0.2) is 12.0 Å². The predicted octanol–water partition coefficient (Wildman–Crippen LogP) is 0.668. The van der Waals surface area contributed by atoms with Crippen molar-refractivity contribution in [3.63, 3.8) is 0 Å². The highest BCUT2D eigenvalue weighted by atomic mass is 32.2. The minimum atomic E-state index is -4.01. The Kier molecular flexibility index (Phi) is 5.19. The summed E-state index contributed by atoms with van der Waals surface area (Å²) in [6.45, 7) is 4.94. The summed E-state index contributed by atoms with van der Waals surface area (Å²) in [5.74, 6) is -0.961. The summed E-state index contributed by atoms with van der Waals surface area (Å²) in [6, 6.07) is 7.46. The Hall–Kier alpha value is -2.31. The molecule has 2 aliphatic rings. The van der Waals surface area contributed by atoms with Crippen LogP contribution >= 0.6 is 0 Å². The van der Waals surface area contributed by atoms with E-state index in [0.29, 0.717) is 0 Å². The van der Waals surface area contributed by atoms with Gasteiger partial charge in [0, 0.05) is 12.3 Å². The van der Waals surface area contributed by atoms with E-state index < -0.39 is 51.7 Å². The third-order valence-electron chi connectivity index (χ3n) is 4.95. The summed E-state index contributed by atoms with van der Waals surface area (Å²) in [4.78, 5) is 25.8. The molecule has 1 aromatic heterocycles. The molecular weight excluding hydrogens is 416 g/mol. The standard InChI is InChI=1S/C19H22N2O8S/c1-11-4-6-12(7-5-11)30(24,25)26-10-13-15-16(29-19(2,3)28-15)17(27-13)21-9-8-14(22)20-18(21)23/h4-9,13,15-17H,10H2,1-3H3,(H,20,22,23)/t13-,15-,16-,17-/m1/s1. The van der Waals surface area contributed by atoms with E-state index in [1.807, 2.05) is 6.92 Å². The summed E-state index contributed by atoms with van der Waals surface area (Å²) in [6.07, 6.45) is -1.81. The highest BCUT2D eigenvalue weighted by Gasteiger charge is 2.56. The maximum Gasteiger partial charge on any atom is 0.330 e. The number of nitrogens with zero attached hydrogens (tertiary/aromatic N) is 1. The van der Waals surface area contributed by atoms with Crippen LogP contribution in [0.25, 0.3) is 0 Å². The Labute approximate surface area is 172 Å². The molecule has 1 aromatic carbocycles. The minimum absolute atomic E-state index is 0.0278. The first-order chi connectivity index (χ1) is 14.1. The lowest BCUT2D eigenvalue weighted by Crippen LogP contribution is -2.37.